The Morgan fingerprint density at radius 2 is 1.71 bits per heavy atom. The van der Waals surface area contributed by atoms with Crippen molar-refractivity contribution in [3.05, 3.63) is 75.9 Å². The molecule has 0 saturated carbocycles. The van der Waals surface area contributed by atoms with Gasteiger partial charge in [-0.1, -0.05) is 23.9 Å². The minimum absolute atomic E-state index is 0.0316. The molecular formula is C32H35N5O6S2. The van der Waals surface area contributed by atoms with E-state index in [2.05, 4.69) is 20.8 Å². The summed E-state index contributed by atoms with van der Waals surface area (Å²) >= 11 is 2.65. The highest BCUT2D eigenvalue weighted by atomic mass is 32.2. The number of hydrogen-bond acceptors (Lipinski definition) is 10. The standard InChI is InChI=1S/C32H35N5O6S2/c1-4-42-23-15-11-21(12-16-23)37-26(18-33-27(38)17-20-9-13-22(41-3)14-10-20)35-36-32(37)44-19-28(39)34-30-29(31(40)43-5-2)24-7-6-8-25(24)45-30/h9-16H,4-8,17-19H2,1-3H3,(H,33,38)(H,34,39). The largest absolute Gasteiger partial charge is 0.497 e. The SMILES string of the molecule is CCOC(=O)c1c(NC(=O)CSc2nnc(CNC(=O)Cc3ccc(OC)cc3)n2-c2ccc(OCC)cc2)sc2c1CCC2. The molecule has 0 spiro atoms. The van der Waals surface area contributed by atoms with Gasteiger partial charge in [0, 0.05) is 10.6 Å². The van der Waals surface area contributed by atoms with E-state index in [1.54, 1.807) is 14.0 Å². The van der Waals surface area contributed by atoms with Gasteiger partial charge in [0.15, 0.2) is 11.0 Å². The lowest BCUT2D eigenvalue weighted by molar-refractivity contribution is -0.120. The van der Waals surface area contributed by atoms with Crippen LogP contribution in [0.15, 0.2) is 53.7 Å². The number of aryl methyl sites for hydroxylation is 1. The second-order valence-electron chi connectivity index (χ2n) is 10.1. The summed E-state index contributed by atoms with van der Waals surface area (Å²) in [7, 11) is 1.60. The van der Waals surface area contributed by atoms with Crippen molar-refractivity contribution in [1.29, 1.82) is 0 Å². The first-order valence-electron chi connectivity index (χ1n) is 14.7. The van der Waals surface area contributed by atoms with Crippen LogP contribution in [0.3, 0.4) is 0 Å². The quantitative estimate of drug-likeness (QED) is 0.143. The number of carbonyl (C=O) groups is 3. The number of fused-ring (bicyclic) bond motifs is 1. The van der Waals surface area contributed by atoms with Crippen molar-refractivity contribution in [3.8, 4) is 17.2 Å². The summed E-state index contributed by atoms with van der Waals surface area (Å²) in [6, 6.07) is 14.8. The molecule has 1 aliphatic rings. The van der Waals surface area contributed by atoms with Crippen LogP contribution in [-0.2, 0) is 40.1 Å². The van der Waals surface area contributed by atoms with E-state index in [4.69, 9.17) is 14.2 Å². The van der Waals surface area contributed by atoms with Crippen LogP contribution in [0.25, 0.3) is 5.69 Å². The number of amides is 2. The highest BCUT2D eigenvalue weighted by Gasteiger charge is 2.28. The van der Waals surface area contributed by atoms with Crippen LogP contribution in [0.4, 0.5) is 5.00 Å². The van der Waals surface area contributed by atoms with E-state index in [1.807, 2.05) is 60.0 Å². The fourth-order valence-electron chi connectivity index (χ4n) is 5.00. The normalized spacial score (nSPS) is 12.0. The molecule has 236 valence electrons. The molecule has 2 aromatic carbocycles. The number of nitrogens with one attached hydrogen (secondary N) is 2. The number of thioether (sulfide) groups is 1. The fraction of sp³-hybridized carbons (Fsp3) is 0.344. The molecule has 2 heterocycles. The second-order valence-corrected chi connectivity index (χ2v) is 12.1. The third kappa shape index (κ3) is 7.84. The summed E-state index contributed by atoms with van der Waals surface area (Å²) in [6.07, 6.45) is 2.88. The van der Waals surface area contributed by atoms with Crippen molar-refractivity contribution in [2.24, 2.45) is 0 Å². The van der Waals surface area contributed by atoms with E-state index in [1.165, 1.54) is 23.1 Å². The summed E-state index contributed by atoms with van der Waals surface area (Å²) in [6.45, 7) is 4.61. The van der Waals surface area contributed by atoms with Crippen LogP contribution in [0.5, 0.6) is 11.5 Å². The summed E-state index contributed by atoms with van der Waals surface area (Å²) in [4.78, 5) is 39.7. The zero-order valence-electron chi connectivity index (χ0n) is 25.4. The Morgan fingerprint density at radius 1 is 0.956 bits per heavy atom. The van der Waals surface area contributed by atoms with Crippen LogP contribution >= 0.6 is 23.1 Å². The minimum atomic E-state index is -0.409. The maximum absolute atomic E-state index is 13.1. The van der Waals surface area contributed by atoms with E-state index < -0.39 is 5.97 Å². The summed E-state index contributed by atoms with van der Waals surface area (Å²) in [5.74, 6) is 1.12. The number of rotatable bonds is 14. The Kier molecular flexibility index (Phi) is 10.7. The molecule has 2 N–H and O–H groups in total. The van der Waals surface area contributed by atoms with Crippen LogP contribution in [-0.4, -0.2) is 58.6 Å². The summed E-state index contributed by atoms with van der Waals surface area (Å²) in [5, 5.41) is 15.6. The highest BCUT2D eigenvalue weighted by Crippen LogP contribution is 2.39. The molecule has 0 bridgehead atoms. The monoisotopic (exact) mass is 649 g/mol. The number of hydrogen-bond donors (Lipinski definition) is 2. The maximum atomic E-state index is 13.1. The predicted molar refractivity (Wildman–Crippen MR) is 173 cm³/mol. The van der Waals surface area contributed by atoms with E-state index in [-0.39, 0.29) is 37.1 Å². The van der Waals surface area contributed by atoms with Gasteiger partial charge in [0.25, 0.3) is 0 Å². The van der Waals surface area contributed by atoms with Gasteiger partial charge < -0.3 is 24.8 Å². The highest BCUT2D eigenvalue weighted by molar-refractivity contribution is 7.99. The smallest absolute Gasteiger partial charge is 0.341 e. The number of methoxy groups -OCH3 is 1. The van der Waals surface area contributed by atoms with E-state index in [0.29, 0.717) is 28.2 Å². The predicted octanol–water partition coefficient (Wildman–Crippen LogP) is 4.99. The zero-order chi connectivity index (χ0) is 31.8. The van der Waals surface area contributed by atoms with Gasteiger partial charge in [-0.05, 0) is 80.6 Å². The molecule has 0 radical (unpaired) electrons. The Hall–Kier alpha value is -4.36. The van der Waals surface area contributed by atoms with Gasteiger partial charge >= 0.3 is 5.97 Å². The van der Waals surface area contributed by atoms with Crippen LogP contribution < -0.4 is 20.1 Å². The first-order valence-corrected chi connectivity index (χ1v) is 16.5. The van der Waals surface area contributed by atoms with Crippen LogP contribution in [0.2, 0.25) is 0 Å². The van der Waals surface area contributed by atoms with E-state index >= 15 is 0 Å². The first-order chi connectivity index (χ1) is 21.9. The van der Waals surface area contributed by atoms with Crippen LogP contribution in [0.1, 0.15) is 52.5 Å². The lowest BCUT2D eigenvalue weighted by Gasteiger charge is -2.12. The van der Waals surface area contributed by atoms with E-state index in [9.17, 15) is 14.4 Å². The summed E-state index contributed by atoms with van der Waals surface area (Å²) < 4.78 is 17.9. The molecule has 4 aromatic rings. The first kappa shape index (κ1) is 32.0. The number of carbonyl (C=O) groups excluding carboxylic acids is 3. The van der Waals surface area contributed by atoms with Gasteiger partial charge in [0.05, 0.1) is 44.6 Å². The van der Waals surface area contributed by atoms with Gasteiger partial charge in [-0.3, -0.25) is 14.2 Å². The Morgan fingerprint density at radius 3 is 2.42 bits per heavy atom. The average Bonchev–Trinajstić information content (AvgIpc) is 3.75. The maximum Gasteiger partial charge on any atom is 0.341 e. The van der Waals surface area contributed by atoms with Crippen molar-refractivity contribution in [1.82, 2.24) is 20.1 Å². The third-order valence-electron chi connectivity index (χ3n) is 7.06. The van der Waals surface area contributed by atoms with Crippen molar-refractivity contribution in [2.45, 2.75) is 51.2 Å². The molecule has 11 nitrogen and oxygen atoms in total. The van der Waals surface area contributed by atoms with Crippen molar-refractivity contribution in [3.63, 3.8) is 0 Å². The fourth-order valence-corrected chi connectivity index (χ4v) is 7.06. The number of thiophene rings is 1. The molecule has 13 heteroatoms. The van der Waals surface area contributed by atoms with Crippen molar-refractivity contribution in [2.75, 3.05) is 31.4 Å². The third-order valence-corrected chi connectivity index (χ3v) is 9.20. The number of ether oxygens (including phenoxy) is 3. The molecular weight excluding hydrogens is 615 g/mol. The number of nitrogens with zero attached hydrogens (tertiary/aromatic N) is 3. The molecule has 0 fully saturated rings. The Balaban J connectivity index is 1.30. The number of aromatic nitrogens is 3. The zero-order valence-corrected chi connectivity index (χ0v) is 27.0. The Labute approximate surface area is 269 Å². The molecule has 2 amide bonds. The number of benzene rings is 2. The lowest BCUT2D eigenvalue weighted by atomic mass is 10.1. The average molecular weight is 650 g/mol. The molecule has 0 unspecified atom stereocenters. The van der Waals surface area contributed by atoms with Gasteiger partial charge in [-0.15, -0.1) is 21.5 Å². The second kappa shape index (κ2) is 15.1. The molecule has 0 aliphatic heterocycles. The van der Waals surface area contributed by atoms with Gasteiger partial charge in [-0.25, -0.2) is 4.79 Å². The van der Waals surface area contributed by atoms with Crippen LogP contribution in [0, 0.1) is 0 Å². The molecule has 1 aliphatic carbocycles. The molecule has 2 aromatic heterocycles. The van der Waals surface area contributed by atoms with Gasteiger partial charge in [-0.2, -0.15) is 0 Å². The van der Waals surface area contributed by atoms with Crippen molar-refractivity contribution >= 4 is 45.9 Å². The van der Waals surface area contributed by atoms with Gasteiger partial charge in [0.2, 0.25) is 11.8 Å². The Bertz CT molecular complexity index is 1650. The van der Waals surface area contributed by atoms with E-state index in [0.717, 1.165) is 52.5 Å². The molecule has 45 heavy (non-hydrogen) atoms. The minimum Gasteiger partial charge on any atom is -0.497 e. The lowest BCUT2D eigenvalue weighted by Crippen LogP contribution is -2.26. The van der Waals surface area contributed by atoms with Gasteiger partial charge in [0.1, 0.15) is 16.5 Å². The molecule has 0 atom stereocenters. The summed E-state index contributed by atoms with van der Waals surface area (Å²) in [5.41, 5.74) is 3.06. The molecule has 5 rings (SSSR count). The number of esters is 1. The van der Waals surface area contributed by atoms with Crippen molar-refractivity contribution < 1.29 is 28.6 Å². The number of anilines is 1. The topological polar surface area (TPSA) is 134 Å². The molecule has 0 saturated heterocycles.